The lowest BCUT2D eigenvalue weighted by Crippen LogP contribution is -2.38. The van der Waals surface area contributed by atoms with Crippen molar-refractivity contribution in [1.29, 1.82) is 0 Å². The normalized spacial score (nSPS) is 14.4. The molecule has 35 heavy (non-hydrogen) atoms. The Labute approximate surface area is 199 Å². The van der Waals surface area contributed by atoms with Crippen LogP contribution >= 0.6 is 0 Å². The van der Waals surface area contributed by atoms with E-state index in [4.69, 9.17) is 0 Å². The van der Waals surface area contributed by atoms with Gasteiger partial charge in [0.1, 0.15) is 11.6 Å². The van der Waals surface area contributed by atoms with Crippen LogP contribution in [0.4, 0.5) is 8.78 Å². The highest BCUT2D eigenvalue weighted by Gasteiger charge is 2.26. The van der Waals surface area contributed by atoms with Gasteiger partial charge in [0.25, 0.3) is 11.5 Å². The number of carbonyl (C=O) groups excluding carboxylic acids is 1. The number of aromatic amines is 1. The van der Waals surface area contributed by atoms with Crippen LogP contribution in [-0.4, -0.2) is 33.4 Å². The second-order valence-electron chi connectivity index (χ2n) is 8.77. The molecule has 5 rings (SSSR count). The number of nitrogens with zero attached hydrogens (tertiary/aromatic N) is 2. The van der Waals surface area contributed by atoms with Crippen LogP contribution in [0.3, 0.4) is 0 Å². The lowest BCUT2D eigenvalue weighted by atomic mass is 9.89. The number of likely N-dealkylation sites (tertiary alicyclic amines) is 1. The van der Waals surface area contributed by atoms with E-state index in [-0.39, 0.29) is 23.0 Å². The van der Waals surface area contributed by atoms with Crippen molar-refractivity contribution < 1.29 is 13.6 Å². The smallest absolute Gasteiger partial charge is 0.329 e. The van der Waals surface area contributed by atoms with Gasteiger partial charge in [-0.1, -0.05) is 42.5 Å². The first kappa shape index (κ1) is 22.7. The maximum absolute atomic E-state index is 14.7. The van der Waals surface area contributed by atoms with Crippen LogP contribution in [0.1, 0.15) is 40.2 Å². The van der Waals surface area contributed by atoms with Gasteiger partial charge in [-0.2, -0.15) is 0 Å². The van der Waals surface area contributed by atoms with Gasteiger partial charge >= 0.3 is 5.69 Å². The Morgan fingerprint density at radius 2 is 1.66 bits per heavy atom. The average molecular weight is 475 g/mol. The second kappa shape index (κ2) is 9.29. The zero-order chi connectivity index (χ0) is 24.5. The summed E-state index contributed by atoms with van der Waals surface area (Å²) >= 11 is 0. The van der Waals surface area contributed by atoms with Crippen LogP contribution in [0.25, 0.3) is 10.9 Å². The van der Waals surface area contributed by atoms with Crippen LogP contribution in [0.2, 0.25) is 0 Å². The van der Waals surface area contributed by atoms with Gasteiger partial charge < -0.3 is 4.90 Å². The number of H-pyrrole nitrogens is 1. The minimum atomic E-state index is -0.812. The van der Waals surface area contributed by atoms with Crippen molar-refractivity contribution >= 4 is 16.8 Å². The number of hydrogen-bond donors (Lipinski definition) is 1. The predicted octanol–water partition coefficient (Wildman–Crippen LogP) is 4.04. The fraction of sp³-hybridized carbons (Fsp3) is 0.222. The molecule has 4 aromatic rings. The van der Waals surface area contributed by atoms with Gasteiger partial charge in [-0.05, 0) is 54.2 Å². The van der Waals surface area contributed by atoms with Gasteiger partial charge in [0.05, 0.1) is 23.0 Å². The summed E-state index contributed by atoms with van der Waals surface area (Å²) in [6.45, 7) is 0.975. The summed E-state index contributed by atoms with van der Waals surface area (Å²) in [5.74, 6) is -1.43. The Bertz CT molecular complexity index is 1520. The molecule has 1 aliphatic rings. The van der Waals surface area contributed by atoms with Crippen LogP contribution in [0.15, 0.2) is 76.3 Å². The molecule has 1 amide bonds. The number of rotatable bonds is 4. The number of fused-ring (bicyclic) bond motifs is 1. The van der Waals surface area contributed by atoms with Crippen LogP contribution in [0.5, 0.6) is 0 Å². The van der Waals surface area contributed by atoms with E-state index in [1.165, 1.54) is 40.5 Å². The van der Waals surface area contributed by atoms with E-state index < -0.39 is 28.8 Å². The number of amides is 1. The van der Waals surface area contributed by atoms with E-state index in [9.17, 15) is 23.2 Å². The van der Waals surface area contributed by atoms with Gasteiger partial charge in [-0.3, -0.25) is 19.1 Å². The van der Waals surface area contributed by atoms with Crippen molar-refractivity contribution in [1.82, 2.24) is 14.5 Å². The first-order chi connectivity index (χ1) is 16.9. The Morgan fingerprint density at radius 3 is 2.40 bits per heavy atom. The lowest BCUT2D eigenvalue weighted by molar-refractivity contribution is 0.0708. The number of halogens is 2. The van der Waals surface area contributed by atoms with E-state index in [1.807, 2.05) is 18.2 Å². The topological polar surface area (TPSA) is 75.2 Å². The minimum Gasteiger partial charge on any atom is -0.339 e. The summed E-state index contributed by atoms with van der Waals surface area (Å²) < 4.78 is 30.1. The standard InChI is InChI=1S/C27H23F2N3O3/c28-21-10-9-17(16-32-23-8-4-7-22(29)24(23)25(33)30-27(32)35)15-20(21)26(34)31-13-11-19(12-14-31)18-5-2-1-3-6-18/h1-10,15,19H,11-14,16H2,(H,30,33,35). The first-order valence-corrected chi connectivity index (χ1v) is 11.5. The summed E-state index contributed by atoms with van der Waals surface area (Å²) in [7, 11) is 0. The highest BCUT2D eigenvalue weighted by atomic mass is 19.1. The molecule has 0 bridgehead atoms. The number of hydrogen-bond acceptors (Lipinski definition) is 3. The van der Waals surface area contributed by atoms with Crippen LogP contribution < -0.4 is 11.2 Å². The summed E-state index contributed by atoms with van der Waals surface area (Å²) in [5, 5.41) is -0.230. The largest absolute Gasteiger partial charge is 0.339 e. The van der Waals surface area contributed by atoms with Gasteiger partial charge in [0.2, 0.25) is 0 Å². The molecule has 8 heteroatoms. The second-order valence-corrected chi connectivity index (χ2v) is 8.77. The number of piperidine rings is 1. The fourth-order valence-electron chi connectivity index (χ4n) is 4.78. The minimum absolute atomic E-state index is 0.0633. The van der Waals surface area contributed by atoms with Crippen molar-refractivity contribution in [2.24, 2.45) is 0 Å². The number of nitrogens with one attached hydrogen (secondary N) is 1. The molecule has 0 atom stereocenters. The molecule has 3 aromatic carbocycles. The molecular formula is C27H23F2N3O3. The Balaban J connectivity index is 1.40. The molecule has 0 unspecified atom stereocenters. The molecule has 0 radical (unpaired) electrons. The number of benzene rings is 3. The molecule has 6 nitrogen and oxygen atoms in total. The van der Waals surface area contributed by atoms with Gasteiger partial charge in [0.15, 0.2) is 0 Å². The van der Waals surface area contributed by atoms with Crippen LogP contribution in [-0.2, 0) is 6.54 Å². The molecule has 1 N–H and O–H groups in total. The molecule has 178 valence electrons. The van der Waals surface area contributed by atoms with Crippen molar-refractivity contribution in [3.05, 3.63) is 116 Å². The Kier molecular flexibility index (Phi) is 6.03. The molecule has 0 aliphatic carbocycles. The monoisotopic (exact) mass is 475 g/mol. The van der Waals surface area contributed by atoms with Gasteiger partial charge in [0, 0.05) is 13.1 Å². The van der Waals surface area contributed by atoms with Crippen molar-refractivity contribution in [2.45, 2.75) is 25.3 Å². The summed E-state index contributed by atoms with van der Waals surface area (Å²) in [5.41, 5.74) is 0.241. The summed E-state index contributed by atoms with van der Waals surface area (Å²) in [6.07, 6.45) is 1.59. The zero-order valence-corrected chi connectivity index (χ0v) is 18.8. The quantitative estimate of drug-likeness (QED) is 0.484. The van der Waals surface area contributed by atoms with E-state index in [1.54, 1.807) is 4.90 Å². The zero-order valence-electron chi connectivity index (χ0n) is 18.8. The van der Waals surface area contributed by atoms with Gasteiger partial charge in [-0.25, -0.2) is 13.6 Å². The maximum Gasteiger partial charge on any atom is 0.329 e. The molecular weight excluding hydrogens is 452 g/mol. The van der Waals surface area contributed by atoms with E-state index in [0.29, 0.717) is 24.6 Å². The third kappa shape index (κ3) is 4.39. The third-order valence-electron chi connectivity index (χ3n) is 6.63. The van der Waals surface area contributed by atoms with Crippen molar-refractivity contribution in [3.63, 3.8) is 0 Å². The molecule has 1 aliphatic heterocycles. The predicted molar refractivity (Wildman–Crippen MR) is 129 cm³/mol. The number of aromatic nitrogens is 2. The summed E-state index contributed by atoms with van der Waals surface area (Å²) in [6, 6.07) is 18.2. The van der Waals surface area contributed by atoms with Crippen molar-refractivity contribution in [3.8, 4) is 0 Å². The van der Waals surface area contributed by atoms with E-state index >= 15 is 0 Å². The fourth-order valence-corrected chi connectivity index (χ4v) is 4.78. The molecule has 0 spiro atoms. The molecule has 1 fully saturated rings. The summed E-state index contributed by atoms with van der Waals surface area (Å²) in [4.78, 5) is 41.5. The maximum atomic E-state index is 14.7. The Morgan fingerprint density at radius 1 is 0.914 bits per heavy atom. The molecule has 0 saturated carbocycles. The SMILES string of the molecule is O=C(c1cc(Cn2c(=O)[nH]c(=O)c3c(F)cccc32)ccc1F)N1CCC(c2ccccc2)CC1. The van der Waals surface area contributed by atoms with E-state index in [0.717, 1.165) is 18.9 Å². The number of carbonyl (C=O) groups is 1. The van der Waals surface area contributed by atoms with Crippen LogP contribution in [0, 0.1) is 11.6 Å². The average Bonchev–Trinajstić information content (AvgIpc) is 2.87. The highest BCUT2D eigenvalue weighted by Crippen LogP contribution is 2.29. The Hall–Kier alpha value is -4.07. The third-order valence-corrected chi connectivity index (χ3v) is 6.63. The highest BCUT2D eigenvalue weighted by molar-refractivity contribution is 5.94. The first-order valence-electron chi connectivity index (χ1n) is 11.5. The lowest BCUT2D eigenvalue weighted by Gasteiger charge is -2.32. The molecule has 2 heterocycles. The van der Waals surface area contributed by atoms with Gasteiger partial charge in [-0.15, -0.1) is 0 Å². The molecule has 1 saturated heterocycles. The van der Waals surface area contributed by atoms with E-state index in [2.05, 4.69) is 17.1 Å². The molecule has 1 aromatic heterocycles. The van der Waals surface area contributed by atoms with Crippen molar-refractivity contribution in [2.75, 3.05) is 13.1 Å².